The summed E-state index contributed by atoms with van der Waals surface area (Å²) in [6.45, 7) is 1.01. The number of nitrogens with zero attached hydrogens (tertiary/aromatic N) is 3. The highest BCUT2D eigenvalue weighted by molar-refractivity contribution is 7.99. The Labute approximate surface area is 85.8 Å². The van der Waals surface area contributed by atoms with Crippen molar-refractivity contribution in [1.82, 2.24) is 15.0 Å². The molecule has 0 amide bonds. The number of hydrogen-bond donors (Lipinski definition) is 0. The van der Waals surface area contributed by atoms with E-state index in [2.05, 4.69) is 15.0 Å². The number of aromatic nitrogens is 2. The predicted octanol–water partition coefficient (Wildman–Crippen LogP) is 0.602. The molecule has 0 aromatic carbocycles. The lowest BCUT2D eigenvalue weighted by Crippen LogP contribution is -2.33. The first-order chi connectivity index (χ1) is 6.81. The topological polar surface area (TPSA) is 59.2 Å². The maximum atomic E-state index is 10.4. The molecule has 5 nitrogen and oxygen atoms in total. The number of carbonyl (C=O) groups is 1. The number of aldehydes is 1. The van der Waals surface area contributed by atoms with Crippen LogP contribution < -0.4 is 0 Å². The highest BCUT2D eigenvalue weighted by Crippen LogP contribution is 2.25. The summed E-state index contributed by atoms with van der Waals surface area (Å²) in [4.78, 5) is 16.5. The Balaban J connectivity index is 2.16. The maximum absolute atomic E-state index is 10.4. The molecule has 1 aromatic heterocycles. The summed E-state index contributed by atoms with van der Waals surface area (Å²) in [6, 6.07) is 0.172. The molecule has 14 heavy (non-hydrogen) atoms. The van der Waals surface area contributed by atoms with Crippen molar-refractivity contribution in [3.8, 4) is 0 Å². The summed E-state index contributed by atoms with van der Waals surface area (Å²) >= 11 is 1.87. The normalized spacial score (nSPS) is 23.6. The first-order valence-corrected chi connectivity index (χ1v) is 5.53. The van der Waals surface area contributed by atoms with Crippen molar-refractivity contribution >= 4 is 18.0 Å². The van der Waals surface area contributed by atoms with Gasteiger partial charge in [0.15, 0.2) is 5.82 Å². The van der Waals surface area contributed by atoms with Gasteiger partial charge in [-0.15, -0.1) is 0 Å². The Bertz CT molecular complexity index is 328. The molecule has 1 aliphatic rings. The van der Waals surface area contributed by atoms with Crippen molar-refractivity contribution in [2.75, 3.05) is 25.1 Å². The van der Waals surface area contributed by atoms with Gasteiger partial charge in [0.25, 0.3) is 5.89 Å². The molecule has 1 saturated heterocycles. The van der Waals surface area contributed by atoms with E-state index in [0.29, 0.717) is 12.1 Å². The monoisotopic (exact) mass is 213 g/mol. The molecule has 2 heterocycles. The summed E-state index contributed by atoms with van der Waals surface area (Å²) in [6.07, 6.45) is 0.576. The molecule has 1 fully saturated rings. The lowest BCUT2D eigenvalue weighted by Gasteiger charge is -2.29. The molecular weight excluding hydrogens is 202 g/mol. The van der Waals surface area contributed by atoms with Gasteiger partial charge in [-0.05, 0) is 7.05 Å². The molecule has 0 saturated carbocycles. The van der Waals surface area contributed by atoms with Crippen LogP contribution in [0, 0.1) is 0 Å². The van der Waals surface area contributed by atoms with Crippen molar-refractivity contribution < 1.29 is 9.32 Å². The lowest BCUT2D eigenvalue weighted by molar-refractivity contribution is 0.108. The molecule has 6 heteroatoms. The number of rotatable bonds is 2. The van der Waals surface area contributed by atoms with E-state index in [4.69, 9.17) is 4.52 Å². The first-order valence-electron chi connectivity index (χ1n) is 4.38. The SMILES string of the molecule is CN1CCSCC1c1noc(C=O)n1. The van der Waals surface area contributed by atoms with Gasteiger partial charge in [0.1, 0.15) is 0 Å². The fourth-order valence-corrected chi connectivity index (χ4v) is 2.60. The Morgan fingerprint density at radius 3 is 3.21 bits per heavy atom. The third-order valence-corrected chi connectivity index (χ3v) is 3.28. The summed E-state index contributed by atoms with van der Waals surface area (Å²) < 4.78 is 4.75. The van der Waals surface area contributed by atoms with E-state index < -0.39 is 0 Å². The van der Waals surface area contributed by atoms with E-state index in [1.165, 1.54) is 0 Å². The van der Waals surface area contributed by atoms with Crippen molar-refractivity contribution in [1.29, 1.82) is 0 Å². The van der Waals surface area contributed by atoms with Gasteiger partial charge in [-0.1, -0.05) is 5.16 Å². The van der Waals surface area contributed by atoms with Crippen molar-refractivity contribution in [2.24, 2.45) is 0 Å². The zero-order chi connectivity index (χ0) is 9.97. The zero-order valence-electron chi connectivity index (χ0n) is 7.84. The molecule has 0 radical (unpaired) electrons. The summed E-state index contributed by atoms with van der Waals surface area (Å²) in [7, 11) is 2.03. The minimum Gasteiger partial charge on any atom is -0.331 e. The van der Waals surface area contributed by atoms with Crippen molar-refractivity contribution in [2.45, 2.75) is 6.04 Å². The molecule has 76 valence electrons. The van der Waals surface area contributed by atoms with Gasteiger partial charge >= 0.3 is 0 Å². The Morgan fingerprint density at radius 1 is 1.71 bits per heavy atom. The standard InChI is InChI=1S/C8H11N3O2S/c1-11-2-3-14-5-6(11)8-9-7(4-12)13-10-8/h4,6H,2-3,5H2,1H3. The number of thioether (sulfide) groups is 1. The van der Waals surface area contributed by atoms with Crippen molar-refractivity contribution in [3.05, 3.63) is 11.7 Å². The zero-order valence-corrected chi connectivity index (χ0v) is 8.66. The molecule has 0 aliphatic carbocycles. The van der Waals surface area contributed by atoms with Crippen LogP contribution in [0.2, 0.25) is 0 Å². The summed E-state index contributed by atoms with van der Waals surface area (Å²) in [5.74, 6) is 2.76. The van der Waals surface area contributed by atoms with Crippen LogP contribution in [0.3, 0.4) is 0 Å². The van der Waals surface area contributed by atoms with Crippen LogP contribution in [-0.2, 0) is 0 Å². The van der Waals surface area contributed by atoms with Crippen LogP contribution in [0.1, 0.15) is 22.6 Å². The molecule has 2 rings (SSSR count). The average Bonchev–Trinajstić information content (AvgIpc) is 2.67. The van der Waals surface area contributed by atoms with Gasteiger partial charge in [-0.25, -0.2) is 0 Å². The molecule has 0 bridgehead atoms. The molecular formula is C8H11N3O2S. The summed E-state index contributed by atoms with van der Waals surface area (Å²) in [5.41, 5.74) is 0. The van der Waals surface area contributed by atoms with E-state index in [0.717, 1.165) is 18.1 Å². The van der Waals surface area contributed by atoms with Gasteiger partial charge in [-0.2, -0.15) is 16.7 Å². The van der Waals surface area contributed by atoms with Crippen LogP contribution in [-0.4, -0.2) is 46.4 Å². The molecule has 1 aromatic rings. The van der Waals surface area contributed by atoms with Crippen LogP contribution in [0.5, 0.6) is 0 Å². The highest BCUT2D eigenvalue weighted by Gasteiger charge is 2.25. The van der Waals surface area contributed by atoms with E-state index in [1.807, 2.05) is 18.8 Å². The van der Waals surface area contributed by atoms with Crippen LogP contribution in [0.4, 0.5) is 0 Å². The second-order valence-corrected chi connectivity index (χ2v) is 4.33. The minimum absolute atomic E-state index is 0.0592. The number of hydrogen-bond acceptors (Lipinski definition) is 6. The summed E-state index contributed by atoms with van der Waals surface area (Å²) in [5, 5.41) is 3.79. The fourth-order valence-electron chi connectivity index (χ4n) is 1.39. The van der Waals surface area contributed by atoms with E-state index >= 15 is 0 Å². The van der Waals surface area contributed by atoms with Crippen LogP contribution in [0.15, 0.2) is 4.52 Å². The third-order valence-electron chi connectivity index (χ3n) is 2.25. The van der Waals surface area contributed by atoms with Crippen LogP contribution in [0.25, 0.3) is 0 Å². The average molecular weight is 213 g/mol. The third kappa shape index (κ3) is 1.80. The lowest BCUT2D eigenvalue weighted by atomic mass is 10.3. The Kier molecular flexibility index (Phi) is 2.83. The van der Waals surface area contributed by atoms with Gasteiger partial charge in [0.2, 0.25) is 6.29 Å². The van der Waals surface area contributed by atoms with Gasteiger partial charge in [-0.3, -0.25) is 9.69 Å². The fraction of sp³-hybridized carbons (Fsp3) is 0.625. The van der Waals surface area contributed by atoms with Gasteiger partial charge in [0.05, 0.1) is 6.04 Å². The van der Waals surface area contributed by atoms with Crippen LogP contribution >= 0.6 is 11.8 Å². The second kappa shape index (κ2) is 4.10. The Morgan fingerprint density at radius 2 is 2.57 bits per heavy atom. The highest BCUT2D eigenvalue weighted by atomic mass is 32.2. The van der Waals surface area contributed by atoms with Crippen molar-refractivity contribution in [3.63, 3.8) is 0 Å². The number of carbonyl (C=O) groups excluding carboxylic acids is 1. The van der Waals surface area contributed by atoms with E-state index in [1.54, 1.807) is 0 Å². The predicted molar refractivity (Wildman–Crippen MR) is 52.4 cm³/mol. The smallest absolute Gasteiger partial charge is 0.290 e. The molecule has 1 unspecified atom stereocenters. The van der Waals surface area contributed by atoms with Gasteiger partial charge < -0.3 is 4.52 Å². The van der Waals surface area contributed by atoms with E-state index in [-0.39, 0.29) is 11.9 Å². The maximum Gasteiger partial charge on any atom is 0.290 e. The largest absolute Gasteiger partial charge is 0.331 e. The molecule has 1 atom stereocenters. The Hall–Kier alpha value is -0.880. The first kappa shape index (κ1) is 9.67. The quantitative estimate of drug-likeness (QED) is 0.670. The minimum atomic E-state index is 0.0592. The van der Waals surface area contributed by atoms with Gasteiger partial charge in [0, 0.05) is 18.1 Å². The molecule has 0 spiro atoms. The molecule has 0 N–H and O–H groups in total. The van der Waals surface area contributed by atoms with E-state index in [9.17, 15) is 4.79 Å². The molecule has 1 aliphatic heterocycles. The second-order valence-electron chi connectivity index (χ2n) is 3.18.